The molecule has 0 saturated carbocycles. The number of carbonyl (C=O) groups excluding carboxylic acids is 1. The Kier molecular flexibility index (Phi) is 3.77. The molecule has 4 heteroatoms. The first-order valence-electron chi connectivity index (χ1n) is 4.15. The number of hydrogen-bond acceptors (Lipinski definition) is 3. The number of hydrogen-bond donors (Lipinski definition) is 1. The molecule has 1 aromatic rings. The summed E-state index contributed by atoms with van der Waals surface area (Å²) in [4.78, 5) is 11.4. The topological polar surface area (TPSA) is 46.5 Å². The van der Waals surface area contributed by atoms with Crippen LogP contribution in [0.1, 0.15) is 16.8 Å². The van der Waals surface area contributed by atoms with Gasteiger partial charge in [-0.2, -0.15) is 0 Å². The Labute approximate surface area is 87.3 Å². The minimum Gasteiger partial charge on any atom is -0.507 e. The minimum atomic E-state index is -0.184. The van der Waals surface area contributed by atoms with E-state index in [1.807, 2.05) is 0 Å². The van der Waals surface area contributed by atoms with Crippen LogP contribution in [-0.2, 0) is 0 Å². The third kappa shape index (κ3) is 2.39. The fourth-order valence-electron chi connectivity index (χ4n) is 1.09. The van der Waals surface area contributed by atoms with Crippen molar-refractivity contribution in [2.75, 3.05) is 13.0 Å². The highest BCUT2D eigenvalue weighted by Crippen LogP contribution is 2.24. The molecule has 0 amide bonds. The van der Waals surface area contributed by atoms with Gasteiger partial charge < -0.3 is 9.84 Å². The van der Waals surface area contributed by atoms with Crippen LogP contribution in [0.2, 0.25) is 0 Å². The highest BCUT2D eigenvalue weighted by molar-refractivity contribution is 6.19. The Morgan fingerprint density at radius 2 is 2.29 bits per heavy atom. The van der Waals surface area contributed by atoms with Crippen LogP contribution in [-0.4, -0.2) is 23.9 Å². The summed E-state index contributed by atoms with van der Waals surface area (Å²) < 4.78 is 4.94. The van der Waals surface area contributed by atoms with Crippen molar-refractivity contribution in [2.24, 2.45) is 0 Å². The van der Waals surface area contributed by atoms with Crippen LogP contribution in [0.5, 0.6) is 11.5 Å². The molecule has 0 aliphatic heterocycles. The van der Waals surface area contributed by atoms with Gasteiger partial charge in [-0.1, -0.05) is 0 Å². The van der Waals surface area contributed by atoms with Gasteiger partial charge in [0.1, 0.15) is 11.5 Å². The van der Waals surface area contributed by atoms with Crippen molar-refractivity contribution >= 4 is 17.4 Å². The van der Waals surface area contributed by atoms with E-state index in [9.17, 15) is 9.90 Å². The third-order valence-corrected chi connectivity index (χ3v) is 2.01. The van der Waals surface area contributed by atoms with Crippen molar-refractivity contribution in [3.63, 3.8) is 0 Å². The SMILES string of the molecule is COc1ccc(O)c(C(=O)CCCl)c1. The fourth-order valence-corrected chi connectivity index (χ4v) is 1.26. The van der Waals surface area contributed by atoms with Gasteiger partial charge in [0, 0.05) is 12.3 Å². The van der Waals surface area contributed by atoms with Crippen molar-refractivity contribution in [1.29, 1.82) is 0 Å². The van der Waals surface area contributed by atoms with Crippen LogP contribution >= 0.6 is 11.6 Å². The summed E-state index contributed by atoms with van der Waals surface area (Å²) in [6, 6.07) is 4.53. The van der Waals surface area contributed by atoms with Crippen molar-refractivity contribution in [2.45, 2.75) is 6.42 Å². The van der Waals surface area contributed by atoms with Gasteiger partial charge in [-0.3, -0.25) is 4.79 Å². The van der Waals surface area contributed by atoms with Crippen molar-refractivity contribution in [3.05, 3.63) is 23.8 Å². The summed E-state index contributed by atoms with van der Waals surface area (Å²) in [5, 5.41) is 9.41. The van der Waals surface area contributed by atoms with E-state index < -0.39 is 0 Å². The number of ether oxygens (including phenoxy) is 1. The van der Waals surface area contributed by atoms with E-state index in [0.717, 1.165) is 0 Å². The second-order valence-electron chi connectivity index (χ2n) is 2.75. The molecule has 1 aromatic carbocycles. The van der Waals surface area contributed by atoms with E-state index >= 15 is 0 Å². The van der Waals surface area contributed by atoms with Gasteiger partial charge in [0.2, 0.25) is 0 Å². The number of ketones is 1. The van der Waals surface area contributed by atoms with Gasteiger partial charge in [-0.25, -0.2) is 0 Å². The van der Waals surface area contributed by atoms with Crippen LogP contribution < -0.4 is 4.74 Å². The van der Waals surface area contributed by atoms with Crippen LogP contribution in [0, 0.1) is 0 Å². The molecule has 0 saturated heterocycles. The Bertz CT molecular complexity index is 336. The number of carbonyl (C=O) groups is 1. The summed E-state index contributed by atoms with van der Waals surface area (Å²) in [6.07, 6.45) is 0.211. The van der Waals surface area contributed by atoms with Crippen molar-refractivity contribution < 1.29 is 14.6 Å². The molecule has 76 valence electrons. The van der Waals surface area contributed by atoms with E-state index in [1.54, 1.807) is 6.07 Å². The van der Waals surface area contributed by atoms with Crippen LogP contribution in [0.3, 0.4) is 0 Å². The first-order chi connectivity index (χ1) is 6.69. The summed E-state index contributed by atoms with van der Waals surface area (Å²) in [7, 11) is 1.50. The van der Waals surface area contributed by atoms with Gasteiger partial charge in [0.05, 0.1) is 12.7 Å². The molecule has 0 atom stereocenters. The van der Waals surface area contributed by atoms with Crippen molar-refractivity contribution in [3.8, 4) is 11.5 Å². The lowest BCUT2D eigenvalue weighted by Crippen LogP contribution is -2.00. The summed E-state index contributed by atoms with van der Waals surface area (Å²) in [6.45, 7) is 0. The Morgan fingerprint density at radius 1 is 1.57 bits per heavy atom. The molecule has 0 bridgehead atoms. The van der Waals surface area contributed by atoms with E-state index in [1.165, 1.54) is 19.2 Å². The molecule has 14 heavy (non-hydrogen) atoms. The minimum absolute atomic E-state index is 0.0408. The van der Waals surface area contributed by atoms with Gasteiger partial charge in [-0.05, 0) is 18.2 Å². The standard InChI is InChI=1S/C10H11ClO3/c1-14-7-2-3-9(12)8(6-7)10(13)4-5-11/h2-3,6,12H,4-5H2,1H3. The average Bonchev–Trinajstić information content (AvgIpc) is 2.19. The molecule has 3 nitrogen and oxygen atoms in total. The molecule has 0 heterocycles. The molecule has 0 spiro atoms. The highest BCUT2D eigenvalue weighted by Gasteiger charge is 2.11. The zero-order valence-electron chi connectivity index (χ0n) is 7.79. The number of aromatic hydroxyl groups is 1. The molecule has 0 aliphatic carbocycles. The third-order valence-electron chi connectivity index (χ3n) is 1.83. The molecule has 0 fully saturated rings. The number of benzene rings is 1. The van der Waals surface area contributed by atoms with Crippen LogP contribution in [0.25, 0.3) is 0 Å². The molecular weight excluding hydrogens is 204 g/mol. The number of methoxy groups -OCH3 is 1. The fraction of sp³-hybridized carbons (Fsp3) is 0.300. The summed E-state index contributed by atoms with van der Waals surface area (Å²) in [5.74, 6) is 0.563. The lowest BCUT2D eigenvalue weighted by atomic mass is 10.1. The lowest BCUT2D eigenvalue weighted by molar-refractivity contribution is 0.0986. The quantitative estimate of drug-likeness (QED) is 0.618. The Hall–Kier alpha value is -1.22. The largest absolute Gasteiger partial charge is 0.507 e. The van der Waals surface area contributed by atoms with Gasteiger partial charge in [0.25, 0.3) is 0 Å². The monoisotopic (exact) mass is 214 g/mol. The van der Waals surface area contributed by atoms with Crippen LogP contribution in [0.4, 0.5) is 0 Å². The predicted octanol–water partition coefficient (Wildman–Crippen LogP) is 2.21. The Balaban J connectivity index is 2.99. The van der Waals surface area contributed by atoms with Gasteiger partial charge in [-0.15, -0.1) is 11.6 Å². The highest BCUT2D eigenvalue weighted by atomic mass is 35.5. The predicted molar refractivity (Wildman–Crippen MR) is 54.3 cm³/mol. The van der Waals surface area contributed by atoms with Gasteiger partial charge >= 0.3 is 0 Å². The molecule has 1 N–H and O–H groups in total. The van der Waals surface area contributed by atoms with E-state index in [-0.39, 0.29) is 29.4 Å². The molecular formula is C10H11ClO3. The van der Waals surface area contributed by atoms with E-state index in [2.05, 4.69) is 0 Å². The smallest absolute Gasteiger partial charge is 0.167 e. The molecule has 1 rings (SSSR count). The number of Topliss-reactive ketones (excluding diaryl/α,β-unsaturated/α-hetero) is 1. The van der Waals surface area contributed by atoms with Gasteiger partial charge in [0.15, 0.2) is 5.78 Å². The number of rotatable bonds is 4. The zero-order valence-corrected chi connectivity index (χ0v) is 8.54. The number of phenols is 1. The molecule has 0 radical (unpaired) electrons. The second-order valence-corrected chi connectivity index (χ2v) is 3.12. The van der Waals surface area contributed by atoms with Crippen molar-refractivity contribution in [1.82, 2.24) is 0 Å². The summed E-state index contributed by atoms with van der Waals surface area (Å²) >= 11 is 5.44. The number of alkyl halides is 1. The number of phenolic OH excluding ortho intramolecular Hbond substituents is 1. The maximum absolute atomic E-state index is 11.4. The molecule has 0 aromatic heterocycles. The van der Waals surface area contributed by atoms with Crippen LogP contribution in [0.15, 0.2) is 18.2 Å². The number of halogens is 1. The second kappa shape index (κ2) is 4.86. The molecule has 0 aliphatic rings. The summed E-state index contributed by atoms with van der Waals surface area (Å²) in [5.41, 5.74) is 0.255. The normalized spacial score (nSPS) is 9.86. The zero-order chi connectivity index (χ0) is 10.6. The van der Waals surface area contributed by atoms with E-state index in [0.29, 0.717) is 5.75 Å². The first-order valence-corrected chi connectivity index (χ1v) is 4.68. The first kappa shape index (κ1) is 10.9. The Morgan fingerprint density at radius 3 is 2.86 bits per heavy atom. The lowest BCUT2D eigenvalue weighted by Gasteiger charge is -2.05. The maximum Gasteiger partial charge on any atom is 0.167 e. The maximum atomic E-state index is 11.4. The molecule has 0 unspecified atom stereocenters. The van der Waals surface area contributed by atoms with E-state index in [4.69, 9.17) is 16.3 Å². The average molecular weight is 215 g/mol.